The molecule has 0 aromatic heterocycles. The number of esters is 1. The van der Waals surface area contributed by atoms with E-state index in [9.17, 15) is 19.7 Å². The number of nitrogens with zero attached hydrogens (tertiary/aromatic N) is 2. The van der Waals surface area contributed by atoms with Crippen LogP contribution in [-0.2, 0) is 9.53 Å². The maximum absolute atomic E-state index is 12.5. The van der Waals surface area contributed by atoms with Crippen molar-refractivity contribution >= 4 is 23.3 Å². The summed E-state index contributed by atoms with van der Waals surface area (Å²) >= 11 is 0. The Balaban J connectivity index is 1.86. The molecule has 1 heterocycles. The lowest BCUT2D eigenvalue weighted by atomic mass is 10.1. The summed E-state index contributed by atoms with van der Waals surface area (Å²) in [5.74, 6) is -1.67. The van der Waals surface area contributed by atoms with Crippen molar-refractivity contribution in [2.45, 2.75) is 18.9 Å². The quantitative estimate of drug-likeness (QED) is 0.475. The second kappa shape index (κ2) is 7.86. The van der Waals surface area contributed by atoms with Crippen LogP contribution in [-0.4, -0.2) is 29.9 Å². The van der Waals surface area contributed by atoms with E-state index >= 15 is 0 Å². The Morgan fingerprint density at radius 1 is 1.11 bits per heavy atom. The standard InChI is InChI=1S/C19H19N3O5/c20-18(23)17(13-6-2-1-3-7-13)27-19(24)14-8-9-15(16(12-14)22(25)26)21-10-4-5-11-21/h1-3,6-9,12,17H,4-5,10-11H2,(H2,20,23). The molecule has 1 amide bonds. The number of carbonyl (C=O) groups excluding carboxylic acids is 2. The molecule has 2 aromatic carbocycles. The van der Waals surface area contributed by atoms with Crippen molar-refractivity contribution in [1.29, 1.82) is 0 Å². The molecule has 1 saturated heterocycles. The van der Waals surface area contributed by atoms with E-state index in [1.54, 1.807) is 36.4 Å². The van der Waals surface area contributed by atoms with E-state index in [1.807, 2.05) is 4.90 Å². The SMILES string of the molecule is NC(=O)C(OC(=O)c1ccc(N2CCCC2)c([N+](=O)[O-])c1)c1ccccc1. The number of anilines is 1. The zero-order chi connectivity index (χ0) is 19.4. The fourth-order valence-corrected chi connectivity index (χ4v) is 3.12. The van der Waals surface area contributed by atoms with Gasteiger partial charge in [-0.25, -0.2) is 4.79 Å². The van der Waals surface area contributed by atoms with E-state index < -0.39 is 22.9 Å². The summed E-state index contributed by atoms with van der Waals surface area (Å²) < 4.78 is 5.23. The van der Waals surface area contributed by atoms with Gasteiger partial charge >= 0.3 is 5.97 Å². The maximum Gasteiger partial charge on any atom is 0.339 e. The van der Waals surface area contributed by atoms with E-state index in [1.165, 1.54) is 12.1 Å². The molecule has 2 N–H and O–H groups in total. The smallest absolute Gasteiger partial charge is 0.339 e. The third-order valence-corrected chi connectivity index (χ3v) is 4.44. The fourth-order valence-electron chi connectivity index (χ4n) is 3.12. The van der Waals surface area contributed by atoms with Gasteiger partial charge in [-0.3, -0.25) is 14.9 Å². The molecular formula is C19H19N3O5. The lowest BCUT2D eigenvalue weighted by Gasteiger charge is -2.18. The lowest BCUT2D eigenvalue weighted by Crippen LogP contribution is -2.26. The number of nitrogens with two attached hydrogens (primary N) is 1. The first kappa shape index (κ1) is 18.4. The van der Waals surface area contributed by atoms with E-state index in [0.29, 0.717) is 11.3 Å². The van der Waals surface area contributed by atoms with Gasteiger partial charge in [0.2, 0.25) is 6.10 Å². The highest BCUT2D eigenvalue weighted by atomic mass is 16.6. The van der Waals surface area contributed by atoms with Crippen LogP contribution in [0.15, 0.2) is 48.5 Å². The van der Waals surface area contributed by atoms with Crippen LogP contribution in [0.3, 0.4) is 0 Å². The number of hydrogen-bond donors (Lipinski definition) is 1. The highest BCUT2D eigenvalue weighted by Crippen LogP contribution is 2.32. The predicted octanol–water partition coefficient (Wildman–Crippen LogP) is 2.58. The number of amides is 1. The van der Waals surface area contributed by atoms with Crippen LogP contribution >= 0.6 is 0 Å². The average molecular weight is 369 g/mol. The number of rotatable bonds is 6. The monoisotopic (exact) mass is 369 g/mol. The molecular weight excluding hydrogens is 350 g/mol. The highest BCUT2D eigenvalue weighted by molar-refractivity contribution is 5.94. The Morgan fingerprint density at radius 2 is 1.78 bits per heavy atom. The van der Waals surface area contributed by atoms with Crippen molar-refractivity contribution in [2.24, 2.45) is 5.73 Å². The number of primary amides is 1. The number of nitro groups is 1. The molecule has 0 saturated carbocycles. The van der Waals surface area contributed by atoms with Crippen LogP contribution in [0.2, 0.25) is 0 Å². The molecule has 8 nitrogen and oxygen atoms in total. The first-order chi connectivity index (χ1) is 13.0. The largest absolute Gasteiger partial charge is 0.444 e. The average Bonchev–Trinajstić information content (AvgIpc) is 3.20. The van der Waals surface area contributed by atoms with Gasteiger partial charge in [0.05, 0.1) is 10.5 Å². The Kier molecular flexibility index (Phi) is 5.35. The molecule has 1 aliphatic heterocycles. The zero-order valence-electron chi connectivity index (χ0n) is 14.5. The topological polar surface area (TPSA) is 116 Å². The summed E-state index contributed by atoms with van der Waals surface area (Å²) in [4.78, 5) is 37.0. The summed E-state index contributed by atoms with van der Waals surface area (Å²) in [6.07, 6.45) is 0.674. The van der Waals surface area contributed by atoms with Gasteiger partial charge in [-0.1, -0.05) is 30.3 Å². The van der Waals surface area contributed by atoms with E-state index in [0.717, 1.165) is 25.9 Å². The maximum atomic E-state index is 12.5. The first-order valence-electron chi connectivity index (χ1n) is 8.56. The van der Waals surface area contributed by atoms with E-state index in [4.69, 9.17) is 10.5 Å². The molecule has 140 valence electrons. The van der Waals surface area contributed by atoms with Crippen LogP contribution in [0.1, 0.15) is 34.9 Å². The minimum Gasteiger partial charge on any atom is -0.444 e. The second-order valence-corrected chi connectivity index (χ2v) is 6.25. The van der Waals surface area contributed by atoms with Crippen molar-refractivity contribution < 1.29 is 19.2 Å². The Bertz CT molecular complexity index is 863. The van der Waals surface area contributed by atoms with Crippen LogP contribution < -0.4 is 10.6 Å². The molecule has 27 heavy (non-hydrogen) atoms. The van der Waals surface area contributed by atoms with Gasteiger partial charge in [-0.2, -0.15) is 0 Å². The van der Waals surface area contributed by atoms with Crippen LogP contribution in [0.4, 0.5) is 11.4 Å². The lowest BCUT2D eigenvalue weighted by molar-refractivity contribution is -0.384. The van der Waals surface area contributed by atoms with Gasteiger partial charge in [-0.05, 0) is 25.0 Å². The predicted molar refractivity (Wildman–Crippen MR) is 98.3 cm³/mol. The molecule has 1 fully saturated rings. The Labute approximate surface area is 155 Å². The van der Waals surface area contributed by atoms with Gasteiger partial charge in [0.1, 0.15) is 5.69 Å². The molecule has 2 aromatic rings. The number of carbonyl (C=O) groups is 2. The minimum atomic E-state index is -1.27. The molecule has 0 bridgehead atoms. The van der Waals surface area contributed by atoms with Crippen LogP contribution in [0.25, 0.3) is 0 Å². The zero-order valence-corrected chi connectivity index (χ0v) is 14.5. The molecule has 1 atom stereocenters. The first-order valence-corrected chi connectivity index (χ1v) is 8.56. The van der Waals surface area contributed by atoms with Crippen LogP contribution in [0, 0.1) is 10.1 Å². The number of benzene rings is 2. The normalized spacial score (nSPS) is 14.6. The van der Waals surface area contributed by atoms with E-state index in [-0.39, 0.29) is 11.3 Å². The number of ether oxygens (including phenoxy) is 1. The van der Waals surface area contributed by atoms with Gasteiger partial charge in [0, 0.05) is 24.7 Å². The van der Waals surface area contributed by atoms with Crippen LogP contribution in [0.5, 0.6) is 0 Å². The summed E-state index contributed by atoms with van der Waals surface area (Å²) in [6, 6.07) is 12.5. The van der Waals surface area contributed by atoms with E-state index in [2.05, 4.69) is 0 Å². The molecule has 0 aliphatic carbocycles. The number of nitro benzene ring substituents is 1. The fraction of sp³-hybridized carbons (Fsp3) is 0.263. The Hall–Kier alpha value is -3.42. The van der Waals surface area contributed by atoms with Crippen molar-refractivity contribution in [1.82, 2.24) is 0 Å². The molecule has 0 spiro atoms. The molecule has 1 aliphatic rings. The summed E-state index contributed by atoms with van der Waals surface area (Å²) in [5.41, 5.74) is 6.08. The summed E-state index contributed by atoms with van der Waals surface area (Å²) in [7, 11) is 0. The molecule has 8 heteroatoms. The van der Waals surface area contributed by atoms with Crippen molar-refractivity contribution in [3.63, 3.8) is 0 Å². The third kappa shape index (κ3) is 4.05. The van der Waals surface area contributed by atoms with Gasteiger partial charge in [-0.15, -0.1) is 0 Å². The second-order valence-electron chi connectivity index (χ2n) is 6.25. The minimum absolute atomic E-state index is 0.00757. The van der Waals surface area contributed by atoms with Gasteiger partial charge in [0.15, 0.2) is 0 Å². The Morgan fingerprint density at radius 3 is 2.37 bits per heavy atom. The molecule has 0 radical (unpaired) electrons. The molecule has 3 rings (SSSR count). The van der Waals surface area contributed by atoms with Gasteiger partial charge < -0.3 is 15.4 Å². The molecule has 1 unspecified atom stereocenters. The third-order valence-electron chi connectivity index (χ3n) is 4.44. The van der Waals surface area contributed by atoms with Crippen molar-refractivity contribution in [2.75, 3.05) is 18.0 Å². The highest BCUT2D eigenvalue weighted by Gasteiger charge is 2.27. The summed E-state index contributed by atoms with van der Waals surface area (Å²) in [6.45, 7) is 1.48. The summed E-state index contributed by atoms with van der Waals surface area (Å²) in [5, 5.41) is 11.5. The van der Waals surface area contributed by atoms with Crippen molar-refractivity contribution in [3.05, 3.63) is 69.8 Å². The van der Waals surface area contributed by atoms with Gasteiger partial charge in [0.25, 0.3) is 11.6 Å². The van der Waals surface area contributed by atoms with Crippen molar-refractivity contribution in [3.8, 4) is 0 Å². The number of hydrogen-bond acceptors (Lipinski definition) is 6.